The Morgan fingerprint density at radius 3 is 2.78 bits per heavy atom. The van der Waals surface area contributed by atoms with Crippen molar-refractivity contribution >= 4 is 5.71 Å². The first kappa shape index (κ1) is 18.6. The van der Waals surface area contributed by atoms with Crippen LogP contribution in [-0.4, -0.2) is 32.6 Å². The Morgan fingerprint density at radius 2 is 2.11 bits per heavy atom. The molecular weight excluding hydrogens is 352 g/mol. The van der Waals surface area contributed by atoms with Crippen molar-refractivity contribution < 1.29 is 14.9 Å². The van der Waals surface area contributed by atoms with E-state index >= 15 is 0 Å². The van der Waals surface area contributed by atoms with E-state index in [1.54, 1.807) is 18.2 Å². The van der Waals surface area contributed by atoms with Gasteiger partial charge in [0.05, 0.1) is 18.9 Å². The van der Waals surface area contributed by atoms with Crippen LogP contribution in [-0.2, 0) is 6.54 Å². The molecule has 0 spiro atoms. The van der Waals surface area contributed by atoms with Crippen molar-refractivity contribution in [3.8, 4) is 17.4 Å². The third-order valence-electron chi connectivity index (χ3n) is 4.55. The molecule has 1 aromatic heterocycles. The molecule has 0 bridgehead atoms. The molecule has 0 amide bonds. The number of methoxy groups -OCH3 is 1. The second-order valence-corrected chi connectivity index (χ2v) is 6.34. The van der Waals surface area contributed by atoms with Crippen molar-refractivity contribution in [2.24, 2.45) is 5.10 Å². The number of ether oxygens (including phenoxy) is 1. The average molecular weight is 374 g/mol. The largest absolute Gasteiger partial charge is 0.504 e. The van der Waals surface area contributed by atoms with Gasteiger partial charge in [0.1, 0.15) is 5.56 Å². The summed E-state index contributed by atoms with van der Waals surface area (Å²) in [5.74, 6) is -0.0231. The highest BCUT2D eigenvalue weighted by Crippen LogP contribution is 2.32. The standard InChI is InChI=1S/C18H22N4O5/c1-3-4-7-22-17(25)15(16(24)19-18(22)26)12-9-11(20-21-12)10-5-6-14(27-2)13(23)8-10/h5-6,8,11,20,23,25H,3-4,7,9H2,1-2H3,(H,19,24,26)/t11-/m1/s1. The van der Waals surface area contributed by atoms with Gasteiger partial charge in [-0.1, -0.05) is 19.4 Å². The van der Waals surface area contributed by atoms with Crippen molar-refractivity contribution in [1.29, 1.82) is 0 Å². The smallest absolute Gasteiger partial charge is 0.331 e. The van der Waals surface area contributed by atoms with Gasteiger partial charge in [-0.2, -0.15) is 5.10 Å². The number of aromatic amines is 1. The number of nitrogens with zero attached hydrogens (tertiary/aromatic N) is 2. The normalized spacial score (nSPS) is 16.1. The molecule has 4 N–H and O–H groups in total. The molecule has 1 atom stereocenters. The first-order chi connectivity index (χ1) is 13.0. The van der Waals surface area contributed by atoms with Gasteiger partial charge in [-0.3, -0.25) is 14.3 Å². The van der Waals surface area contributed by atoms with Gasteiger partial charge >= 0.3 is 5.69 Å². The van der Waals surface area contributed by atoms with Crippen LogP contribution >= 0.6 is 0 Å². The first-order valence-electron chi connectivity index (χ1n) is 8.71. The Morgan fingerprint density at radius 1 is 1.33 bits per heavy atom. The molecule has 1 aliphatic rings. The number of phenolic OH excluding ortho intramolecular Hbond substituents is 1. The number of rotatable bonds is 6. The zero-order valence-electron chi connectivity index (χ0n) is 15.2. The van der Waals surface area contributed by atoms with Crippen LogP contribution < -0.4 is 21.4 Å². The number of aromatic hydroxyl groups is 2. The molecule has 0 unspecified atom stereocenters. The highest BCUT2D eigenvalue weighted by atomic mass is 16.5. The van der Waals surface area contributed by atoms with Gasteiger partial charge in [-0.25, -0.2) is 4.79 Å². The Balaban J connectivity index is 1.90. The molecule has 2 aromatic rings. The Hall–Kier alpha value is -3.23. The zero-order valence-corrected chi connectivity index (χ0v) is 15.2. The van der Waals surface area contributed by atoms with E-state index in [9.17, 15) is 19.8 Å². The second-order valence-electron chi connectivity index (χ2n) is 6.34. The minimum atomic E-state index is -0.677. The van der Waals surface area contributed by atoms with Gasteiger partial charge in [0.2, 0.25) is 5.88 Å². The Labute approximate surface area is 154 Å². The van der Waals surface area contributed by atoms with Gasteiger partial charge in [-0.15, -0.1) is 0 Å². The molecular formula is C18H22N4O5. The van der Waals surface area contributed by atoms with Crippen LogP contribution in [0.3, 0.4) is 0 Å². The van der Waals surface area contributed by atoms with E-state index in [0.29, 0.717) is 30.8 Å². The van der Waals surface area contributed by atoms with Gasteiger partial charge < -0.3 is 20.4 Å². The lowest BCUT2D eigenvalue weighted by Gasteiger charge is -2.13. The lowest BCUT2D eigenvalue weighted by atomic mass is 9.99. The number of H-pyrrole nitrogens is 1. The molecule has 3 rings (SSSR count). The molecule has 0 fully saturated rings. The molecule has 144 valence electrons. The SMILES string of the molecule is CCCCn1c(O)c(C2=NN[C@@H](c3ccc(OC)c(O)c3)C2)c(=O)[nH]c1=O. The van der Waals surface area contributed by atoms with Crippen LogP contribution in [0.25, 0.3) is 0 Å². The fourth-order valence-corrected chi connectivity index (χ4v) is 3.06. The van der Waals surface area contributed by atoms with Gasteiger partial charge in [0, 0.05) is 13.0 Å². The summed E-state index contributed by atoms with van der Waals surface area (Å²) in [5.41, 5.74) is 2.67. The van der Waals surface area contributed by atoms with E-state index < -0.39 is 11.2 Å². The number of nitrogens with one attached hydrogen (secondary N) is 2. The predicted octanol–water partition coefficient (Wildman–Crippen LogP) is 1.20. The van der Waals surface area contributed by atoms with E-state index in [4.69, 9.17) is 4.74 Å². The lowest BCUT2D eigenvalue weighted by molar-refractivity contribution is 0.372. The second kappa shape index (κ2) is 7.56. The van der Waals surface area contributed by atoms with Crippen molar-refractivity contribution in [3.05, 3.63) is 50.2 Å². The summed E-state index contributed by atoms with van der Waals surface area (Å²) in [6.07, 6.45) is 1.84. The molecule has 27 heavy (non-hydrogen) atoms. The van der Waals surface area contributed by atoms with Gasteiger partial charge in [-0.05, 0) is 24.1 Å². The monoisotopic (exact) mass is 374 g/mol. The molecule has 0 radical (unpaired) electrons. The summed E-state index contributed by atoms with van der Waals surface area (Å²) in [6.45, 7) is 2.27. The number of hydrogen-bond donors (Lipinski definition) is 4. The van der Waals surface area contributed by atoms with Gasteiger partial charge in [0.15, 0.2) is 11.5 Å². The van der Waals surface area contributed by atoms with Crippen LogP contribution in [0.2, 0.25) is 0 Å². The maximum Gasteiger partial charge on any atom is 0.331 e. The van der Waals surface area contributed by atoms with E-state index in [2.05, 4.69) is 15.5 Å². The van der Waals surface area contributed by atoms with Crippen LogP contribution in [0.1, 0.15) is 43.4 Å². The van der Waals surface area contributed by atoms with E-state index in [1.807, 2.05) is 6.92 Å². The minimum Gasteiger partial charge on any atom is -0.504 e. The minimum absolute atomic E-state index is 0.000871. The fourth-order valence-electron chi connectivity index (χ4n) is 3.06. The van der Waals surface area contributed by atoms with E-state index in [0.717, 1.165) is 16.6 Å². The quantitative estimate of drug-likeness (QED) is 0.601. The highest BCUT2D eigenvalue weighted by molar-refractivity contribution is 6.03. The predicted molar refractivity (Wildman–Crippen MR) is 99.6 cm³/mol. The number of hydrazone groups is 1. The van der Waals surface area contributed by atoms with Crippen LogP contribution in [0, 0.1) is 0 Å². The topological polar surface area (TPSA) is 129 Å². The summed E-state index contributed by atoms with van der Waals surface area (Å²) in [4.78, 5) is 26.5. The fraction of sp³-hybridized carbons (Fsp3) is 0.389. The zero-order chi connectivity index (χ0) is 19.6. The van der Waals surface area contributed by atoms with Crippen molar-refractivity contribution in [3.63, 3.8) is 0 Å². The summed E-state index contributed by atoms with van der Waals surface area (Å²) < 4.78 is 6.18. The highest BCUT2D eigenvalue weighted by Gasteiger charge is 2.27. The average Bonchev–Trinajstić information content (AvgIpc) is 3.11. The molecule has 0 saturated carbocycles. The molecule has 0 saturated heterocycles. The third-order valence-corrected chi connectivity index (χ3v) is 4.55. The Kier molecular flexibility index (Phi) is 5.20. The molecule has 9 nitrogen and oxygen atoms in total. The summed E-state index contributed by atoms with van der Waals surface area (Å²) in [6, 6.07) is 4.69. The maximum atomic E-state index is 12.3. The van der Waals surface area contributed by atoms with E-state index in [-0.39, 0.29) is 23.2 Å². The number of benzene rings is 1. The number of phenols is 1. The maximum absolute atomic E-state index is 12.3. The molecule has 0 aliphatic carbocycles. The summed E-state index contributed by atoms with van der Waals surface area (Å²) in [7, 11) is 1.46. The lowest BCUT2D eigenvalue weighted by Crippen LogP contribution is -2.33. The number of unbranched alkanes of at least 4 members (excludes halogenated alkanes) is 1. The number of aromatic nitrogens is 2. The van der Waals surface area contributed by atoms with Crippen molar-refractivity contribution in [2.45, 2.75) is 38.8 Å². The molecule has 9 heteroatoms. The third kappa shape index (κ3) is 3.53. The summed E-state index contributed by atoms with van der Waals surface area (Å²) in [5, 5.41) is 24.6. The first-order valence-corrected chi connectivity index (χ1v) is 8.71. The Bertz CT molecular complexity index is 992. The van der Waals surface area contributed by atoms with Crippen LogP contribution in [0.5, 0.6) is 17.4 Å². The molecule has 1 aromatic carbocycles. The van der Waals surface area contributed by atoms with Crippen LogP contribution in [0.15, 0.2) is 32.9 Å². The molecule has 2 heterocycles. The van der Waals surface area contributed by atoms with Crippen LogP contribution in [0.4, 0.5) is 0 Å². The van der Waals surface area contributed by atoms with Gasteiger partial charge in [0.25, 0.3) is 5.56 Å². The number of hydrogen-bond acceptors (Lipinski definition) is 7. The summed E-state index contributed by atoms with van der Waals surface area (Å²) >= 11 is 0. The van der Waals surface area contributed by atoms with Crippen molar-refractivity contribution in [1.82, 2.24) is 15.0 Å². The molecule has 1 aliphatic heterocycles. The van der Waals surface area contributed by atoms with Crippen molar-refractivity contribution in [2.75, 3.05) is 7.11 Å². The van der Waals surface area contributed by atoms with E-state index in [1.165, 1.54) is 7.11 Å².